The third kappa shape index (κ3) is 3.76. The predicted octanol–water partition coefficient (Wildman–Crippen LogP) is 2.31. The SMILES string of the molecule is COc1cc(NC(=O)c2cc(-c3ccco3)[nH]c(=O)n2)cc(OC)c1OC. The van der Waals surface area contributed by atoms with Crippen LogP contribution in [0.1, 0.15) is 10.5 Å². The van der Waals surface area contributed by atoms with Crippen LogP contribution in [-0.2, 0) is 0 Å². The van der Waals surface area contributed by atoms with E-state index in [0.29, 0.717) is 34.4 Å². The number of aromatic nitrogens is 2. The molecule has 0 unspecified atom stereocenters. The summed E-state index contributed by atoms with van der Waals surface area (Å²) in [5, 5.41) is 2.66. The van der Waals surface area contributed by atoms with E-state index < -0.39 is 11.6 Å². The maximum atomic E-state index is 12.6. The van der Waals surface area contributed by atoms with Gasteiger partial charge in [-0.25, -0.2) is 4.79 Å². The number of nitrogens with one attached hydrogen (secondary N) is 2. The van der Waals surface area contributed by atoms with E-state index in [1.54, 1.807) is 24.3 Å². The van der Waals surface area contributed by atoms with Gasteiger partial charge in [0.25, 0.3) is 5.91 Å². The molecule has 9 nitrogen and oxygen atoms in total. The van der Waals surface area contributed by atoms with Gasteiger partial charge in [0, 0.05) is 17.8 Å². The summed E-state index contributed by atoms with van der Waals surface area (Å²) in [7, 11) is 4.42. The molecule has 0 radical (unpaired) electrons. The summed E-state index contributed by atoms with van der Waals surface area (Å²) in [5.74, 6) is 0.983. The number of aromatic amines is 1. The van der Waals surface area contributed by atoms with Crippen LogP contribution in [0.5, 0.6) is 17.2 Å². The highest BCUT2D eigenvalue weighted by Crippen LogP contribution is 2.40. The van der Waals surface area contributed by atoms with Gasteiger partial charge < -0.3 is 28.9 Å². The van der Waals surface area contributed by atoms with Gasteiger partial charge in [-0.15, -0.1) is 0 Å². The van der Waals surface area contributed by atoms with Crippen molar-refractivity contribution in [1.29, 1.82) is 0 Å². The maximum absolute atomic E-state index is 12.6. The molecule has 140 valence electrons. The van der Waals surface area contributed by atoms with Crippen molar-refractivity contribution < 1.29 is 23.4 Å². The van der Waals surface area contributed by atoms with E-state index in [0.717, 1.165) is 0 Å². The zero-order valence-electron chi connectivity index (χ0n) is 14.9. The van der Waals surface area contributed by atoms with E-state index in [9.17, 15) is 9.59 Å². The van der Waals surface area contributed by atoms with Crippen LogP contribution in [0.3, 0.4) is 0 Å². The number of amides is 1. The lowest BCUT2D eigenvalue weighted by Gasteiger charge is -2.14. The van der Waals surface area contributed by atoms with E-state index in [-0.39, 0.29) is 5.69 Å². The fraction of sp³-hybridized carbons (Fsp3) is 0.167. The molecule has 0 aliphatic heterocycles. The monoisotopic (exact) mass is 371 g/mol. The Balaban J connectivity index is 1.93. The molecule has 0 saturated carbocycles. The minimum atomic E-state index is -0.668. The number of furan rings is 1. The second-order valence-corrected chi connectivity index (χ2v) is 5.33. The molecule has 0 spiro atoms. The Morgan fingerprint density at radius 2 is 1.81 bits per heavy atom. The first-order valence-electron chi connectivity index (χ1n) is 7.82. The number of carbonyl (C=O) groups excluding carboxylic acids is 1. The molecule has 1 aromatic carbocycles. The standard InChI is InChI=1S/C18H17N3O6/c1-24-14-7-10(8-15(25-2)16(14)26-3)19-17(22)12-9-11(20-18(23)21-12)13-5-4-6-27-13/h4-9H,1-3H3,(H,19,22)(H,20,21,23). The minimum Gasteiger partial charge on any atom is -0.493 e. The first-order valence-corrected chi connectivity index (χ1v) is 7.82. The Kier molecular flexibility index (Phi) is 5.11. The van der Waals surface area contributed by atoms with Crippen molar-refractivity contribution in [1.82, 2.24) is 9.97 Å². The second kappa shape index (κ2) is 7.65. The lowest BCUT2D eigenvalue weighted by atomic mass is 10.2. The highest BCUT2D eigenvalue weighted by atomic mass is 16.5. The van der Waals surface area contributed by atoms with Gasteiger partial charge in [-0.1, -0.05) is 0 Å². The summed E-state index contributed by atoms with van der Waals surface area (Å²) < 4.78 is 21.0. The molecule has 3 aromatic rings. The summed E-state index contributed by atoms with van der Waals surface area (Å²) in [6.07, 6.45) is 1.46. The Morgan fingerprint density at radius 1 is 1.11 bits per heavy atom. The van der Waals surface area contributed by atoms with Gasteiger partial charge in [0.2, 0.25) is 5.75 Å². The highest BCUT2D eigenvalue weighted by molar-refractivity contribution is 6.03. The number of methoxy groups -OCH3 is 3. The van der Waals surface area contributed by atoms with Crippen LogP contribution in [0, 0.1) is 0 Å². The molecule has 9 heteroatoms. The number of rotatable bonds is 6. The minimum absolute atomic E-state index is 0.0705. The van der Waals surface area contributed by atoms with Crippen molar-refractivity contribution in [3.63, 3.8) is 0 Å². The molecule has 0 aliphatic carbocycles. The van der Waals surface area contributed by atoms with Crippen LogP contribution in [0.4, 0.5) is 5.69 Å². The van der Waals surface area contributed by atoms with Gasteiger partial charge in [0.15, 0.2) is 11.5 Å². The molecule has 0 saturated heterocycles. The first-order chi connectivity index (χ1) is 13.0. The van der Waals surface area contributed by atoms with Crippen LogP contribution >= 0.6 is 0 Å². The molecule has 27 heavy (non-hydrogen) atoms. The van der Waals surface area contributed by atoms with Crippen molar-refractivity contribution >= 4 is 11.6 Å². The largest absolute Gasteiger partial charge is 0.493 e. The van der Waals surface area contributed by atoms with Crippen LogP contribution in [0.15, 0.2) is 45.8 Å². The number of hydrogen-bond donors (Lipinski definition) is 2. The average Bonchev–Trinajstić information content (AvgIpc) is 3.21. The van der Waals surface area contributed by atoms with E-state index in [1.165, 1.54) is 33.7 Å². The van der Waals surface area contributed by atoms with E-state index in [4.69, 9.17) is 18.6 Å². The zero-order valence-corrected chi connectivity index (χ0v) is 14.9. The normalized spacial score (nSPS) is 10.3. The van der Waals surface area contributed by atoms with Gasteiger partial charge in [0.05, 0.1) is 33.3 Å². The number of ether oxygens (including phenoxy) is 3. The van der Waals surface area contributed by atoms with Gasteiger partial charge in [0.1, 0.15) is 11.5 Å². The number of carbonyl (C=O) groups is 1. The number of hydrogen-bond acceptors (Lipinski definition) is 7. The van der Waals surface area contributed by atoms with Crippen LogP contribution < -0.4 is 25.2 Å². The number of anilines is 1. The average molecular weight is 371 g/mol. The third-order valence-corrected chi connectivity index (χ3v) is 3.69. The third-order valence-electron chi connectivity index (χ3n) is 3.69. The van der Waals surface area contributed by atoms with Crippen LogP contribution in [0.2, 0.25) is 0 Å². The zero-order chi connectivity index (χ0) is 19.4. The van der Waals surface area contributed by atoms with E-state index >= 15 is 0 Å². The number of H-pyrrole nitrogens is 1. The lowest BCUT2D eigenvalue weighted by Crippen LogP contribution is -2.21. The fourth-order valence-electron chi connectivity index (χ4n) is 2.49. The van der Waals surface area contributed by atoms with Crippen molar-refractivity contribution in [3.8, 4) is 28.7 Å². The van der Waals surface area contributed by atoms with Crippen molar-refractivity contribution in [2.75, 3.05) is 26.6 Å². The Morgan fingerprint density at radius 3 is 2.37 bits per heavy atom. The molecule has 2 heterocycles. The molecule has 2 aromatic heterocycles. The predicted molar refractivity (Wildman–Crippen MR) is 96.6 cm³/mol. The molecule has 2 N–H and O–H groups in total. The van der Waals surface area contributed by atoms with Crippen molar-refractivity contribution in [2.45, 2.75) is 0 Å². The van der Waals surface area contributed by atoms with Gasteiger partial charge in [-0.3, -0.25) is 4.79 Å². The van der Waals surface area contributed by atoms with Gasteiger partial charge in [-0.2, -0.15) is 4.98 Å². The molecule has 0 bridgehead atoms. The molecule has 3 rings (SSSR count). The molecular weight excluding hydrogens is 354 g/mol. The van der Waals surface area contributed by atoms with E-state index in [1.807, 2.05) is 0 Å². The number of benzene rings is 1. The maximum Gasteiger partial charge on any atom is 0.346 e. The molecule has 0 aliphatic rings. The van der Waals surface area contributed by atoms with Crippen molar-refractivity contribution in [3.05, 3.63) is 52.8 Å². The molecular formula is C18H17N3O6. The Labute approximate surface area is 153 Å². The molecule has 0 fully saturated rings. The topological polar surface area (TPSA) is 116 Å². The second-order valence-electron chi connectivity index (χ2n) is 5.33. The van der Waals surface area contributed by atoms with Gasteiger partial charge in [-0.05, 0) is 18.2 Å². The summed E-state index contributed by atoms with van der Waals surface area (Å²) in [6, 6.07) is 7.89. The quantitative estimate of drug-likeness (QED) is 0.683. The van der Waals surface area contributed by atoms with Crippen LogP contribution in [0.25, 0.3) is 11.5 Å². The number of nitrogens with zero attached hydrogens (tertiary/aromatic N) is 1. The lowest BCUT2D eigenvalue weighted by molar-refractivity contribution is 0.102. The molecule has 0 atom stereocenters. The van der Waals surface area contributed by atoms with Crippen molar-refractivity contribution in [2.24, 2.45) is 0 Å². The fourth-order valence-corrected chi connectivity index (χ4v) is 2.49. The summed E-state index contributed by atoms with van der Waals surface area (Å²) >= 11 is 0. The summed E-state index contributed by atoms with van der Waals surface area (Å²) in [6.45, 7) is 0. The van der Waals surface area contributed by atoms with Gasteiger partial charge >= 0.3 is 5.69 Å². The summed E-state index contributed by atoms with van der Waals surface area (Å²) in [4.78, 5) is 30.6. The van der Waals surface area contributed by atoms with E-state index in [2.05, 4.69) is 15.3 Å². The molecule has 1 amide bonds. The smallest absolute Gasteiger partial charge is 0.346 e. The Hall–Kier alpha value is -3.75. The first kappa shape index (κ1) is 18.1. The van der Waals surface area contributed by atoms with Crippen LogP contribution in [-0.4, -0.2) is 37.2 Å². The Bertz CT molecular complexity index is 985. The highest BCUT2D eigenvalue weighted by Gasteiger charge is 2.17. The summed E-state index contributed by atoms with van der Waals surface area (Å²) in [5.41, 5.74) is -0.0102.